The highest BCUT2D eigenvalue weighted by Crippen LogP contribution is 2.30. The summed E-state index contributed by atoms with van der Waals surface area (Å²) < 4.78 is 36.0. The van der Waals surface area contributed by atoms with Crippen LogP contribution in [-0.4, -0.2) is 58.2 Å². The van der Waals surface area contributed by atoms with E-state index in [1.165, 1.54) is 17.1 Å². The Hall–Kier alpha value is -3.47. The van der Waals surface area contributed by atoms with E-state index in [0.29, 0.717) is 25.2 Å². The summed E-state index contributed by atoms with van der Waals surface area (Å²) in [6.07, 6.45) is 4.71. The van der Waals surface area contributed by atoms with Crippen LogP contribution in [0.25, 0.3) is 11.3 Å². The lowest BCUT2D eigenvalue weighted by atomic mass is 10.00. The number of rotatable bonds is 9. The summed E-state index contributed by atoms with van der Waals surface area (Å²) in [7, 11) is -2.32. The van der Waals surface area contributed by atoms with Gasteiger partial charge < -0.3 is 9.64 Å². The maximum absolute atomic E-state index is 13.0. The Morgan fingerprint density at radius 3 is 2.51 bits per heavy atom. The largest absolute Gasteiger partial charge is 0.472 e. The molecule has 1 aliphatic heterocycles. The first-order chi connectivity index (χ1) is 17.6. The Bertz CT molecular complexity index is 1360. The number of aromatic nitrogens is 4. The predicted molar refractivity (Wildman–Crippen MR) is 141 cm³/mol. The summed E-state index contributed by atoms with van der Waals surface area (Å²) in [6, 6.07) is 7.64. The van der Waals surface area contributed by atoms with Crippen LogP contribution in [0.5, 0.6) is 5.88 Å². The Balaban J connectivity index is 1.64. The van der Waals surface area contributed by atoms with Gasteiger partial charge in [0, 0.05) is 43.8 Å². The van der Waals surface area contributed by atoms with Crippen molar-refractivity contribution in [2.45, 2.75) is 58.0 Å². The van der Waals surface area contributed by atoms with Crippen molar-refractivity contribution in [1.82, 2.24) is 24.6 Å². The number of hydrogen-bond donors (Lipinski definition) is 1. The summed E-state index contributed by atoms with van der Waals surface area (Å²) in [5.74, 6) is 0.321. The van der Waals surface area contributed by atoms with Crippen molar-refractivity contribution in [1.29, 1.82) is 0 Å². The van der Waals surface area contributed by atoms with E-state index in [1.54, 1.807) is 13.1 Å². The van der Waals surface area contributed by atoms with E-state index >= 15 is 0 Å². The van der Waals surface area contributed by atoms with Crippen molar-refractivity contribution in [3.63, 3.8) is 0 Å². The van der Waals surface area contributed by atoms with Crippen LogP contribution in [0.3, 0.4) is 0 Å². The van der Waals surface area contributed by atoms with Crippen LogP contribution in [0.4, 0.5) is 5.95 Å². The molecule has 1 atom stereocenters. The fraction of sp³-hybridized carbons (Fsp3) is 0.462. The quantitative estimate of drug-likeness (QED) is 0.451. The second kappa shape index (κ2) is 10.9. The molecule has 0 aliphatic carbocycles. The highest BCUT2D eigenvalue weighted by molar-refractivity contribution is 7.92. The standard InChI is InChI=1S/C26H34N6O4S/c1-6-19(7-2)25(33)32-12-11-20(15-32)36-23-13-22(24-17(3)9-8-10-18(24)4)28-26(29-23)30-37(34,35)21-14-27-31(5)16-21/h8-10,13-14,16,19-20H,6-7,11-12,15H2,1-5H3,(H,28,29,30). The SMILES string of the molecule is CCC(CC)C(=O)N1CCC(Oc2cc(-c3c(C)cccc3C)nc(NS(=O)(=O)c3cnn(C)c3)n2)C1. The first-order valence-corrected chi connectivity index (χ1v) is 14.0. The number of sulfonamides is 1. The van der Waals surface area contributed by atoms with Crippen LogP contribution in [0, 0.1) is 19.8 Å². The van der Waals surface area contributed by atoms with Gasteiger partial charge in [-0.2, -0.15) is 10.1 Å². The predicted octanol–water partition coefficient (Wildman–Crippen LogP) is 3.71. The monoisotopic (exact) mass is 526 g/mol. The lowest BCUT2D eigenvalue weighted by molar-refractivity contribution is -0.134. The molecule has 0 saturated carbocycles. The Morgan fingerprint density at radius 2 is 1.89 bits per heavy atom. The van der Waals surface area contributed by atoms with E-state index in [1.807, 2.05) is 50.8 Å². The molecule has 2 aromatic heterocycles. The second-order valence-corrected chi connectivity index (χ2v) is 11.1. The lowest BCUT2D eigenvalue weighted by Crippen LogP contribution is -2.35. The van der Waals surface area contributed by atoms with Crippen molar-refractivity contribution in [3.8, 4) is 17.1 Å². The summed E-state index contributed by atoms with van der Waals surface area (Å²) >= 11 is 0. The number of amides is 1. The highest BCUT2D eigenvalue weighted by atomic mass is 32.2. The lowest BCUT2D eigenvalue weighted by Gasteiger charge is -2.22. The van der Waals surface area contributed by atoms with Gasteiger partial charge in [0.15, 0.2) is 0 Å². The molecule has 1 saturated heterocycles. The molecule has 1 amide bonds. The van der Waals surface area contributed by atoms with Gasteiger partial charge in [-0.25, -0.2) is 18.1 Å². The number of carbonyl (C=O) groups excluding carboxylic acids is 1. The second-order valence-electron chi connectivity index (χ2n) is 9.46. The number of ether oxygens (including phenoxy) is 1. The van der Waals surface area contributed by atoms with E-state index in [4.69, 9.17) is 4.74 Å². The zero-order valence-electron chi connectivity index (χ0n) is 21.9. The van der Waals surface area contributed by atoms with Gasteiger partial charge in [-0.1, -0.05) is 32.0 Å². The molecular weight excluding hydrogens is 492 g/mol. The molecule has 0 spiro atoms. The molecule has 10 nitrogen and oxygen atoms in total. The zero-order valence-corrected chi connectivity index (χ0v) is 22.7. The number of likely N-dealkylation sites (tertiary alicyclic amines) is 1. The smallest absolute Gasteiger partial charge is 0.267 e. The number of hydrogen-bond acceptors (Lipinski definition) is 7. The van der Waals surface area contributed by atoms with E-state index in [9.17, 15) is 13.2 Å². The molecule has 1 unspecified atom stereocenters. The average molecular weight is 527 g/mol. The van der Waals surface area contributed by atoms with Crippen molar-refractivity contribution < 1.29 is 17.9 Å². The summed E-state index contributed by atoms with van der Waals surface area (Å²) in [6.45, 7) is 9.09. The first-order valence-electron chi connectivity index (χ1n) is 12.5. The molecule has 1 aromatic carbocycles. The number of nitrogens with zero attached hydrogens (tertiary/aromatic N) is 5. The zero-order chi connectivity index (χ0) is 26.7. The van der Waals surface area contributed by atoms with Gasteiger partial charge in [0.05, 0.1) is 18.4 Å². The third-order valence-electron chi connectivity index (χ3n) is 6.74. The molecule has 1 N–H and O–H groups in total. The fourth-order valence-electron chi connectivity index (χ4n) is 4.69. The molecule has 4 rings (SSSR count). The van der Waals surface area contributed by atoms with E-state index in [0.717, 1.165) is 29.5 Å². The van der Waals surface area contributed by atoms with Gasteiger partial charge in [-0.05, 0) is 37.8 Å². The Morgan fingerprint density at radius 1 is 1.19 bits per heavy atom. The first kappa shape index (κ1) is 26.6. The number of carbonyl (C=O) groups is 1. The molecule has 198 valence electrons. The molecule has 0 radical (unpaired) electrons. The number of anilines is 1. The van der Waals surface area contributed by atoms with Crippen LogP contribution in [0.1, 0.15) is 44.2 Å². The van der Waals surface area contributed by atoms with Crippen molar-refractivity contribution in [2.75, 3.05) is 17.8 Å². The minimum Gasteiger partial charge on any atom is -0.472 e. The summed E-state index contributed by atoms with van der Waals surface area (Å²) in [4.78, 5) is 23.6. The molecular formula is C26H34N6O4S. The van der Waals surface area contributed by atoms with E-state index < -0.39 is 10.0 Å². The number of aryl methyl sites for hydroxylation is 3. The molecule has 3 heterocycles. The normalized spacial score (nSPS) is 15.8. The fourth-order valence-corrected chi connectivity index (χ4v) is 5.61. The topological polar surface area (TPSA) is 119 Å². The van der Waals surface area contributed by atoms with E-state index in [-0.39, 0.29) is 34.7 Å². The third-order valence-corrected chi connectivity index (χ3v) is 8.02. The number of nitrogens with one attached hydrogen (secondary N) is 1. The maximum atomic E-state index is 13.0. The minimum atomic E-state index is -3.96. The Kier molecular flexibility index (Phi) is 7.82. The van der Waals surface area contributed by atoms with Crippen LogP contribution in [0.2, 0.25) is 0 Å². The van der Waals surface area contributed by atoms with Gasteiger partial charge >= 0.3 is 0 Å². The van der Waals surface area contributed by atoms with Gasteiger partial charge in [0.1, 0.15) is 11.0 Å². The van der Waals surface area contributed by atoms with Crippen molar-refractivity contribution in [3.05, 3.63) is 47.8 Å². The molecule has 0 bridgehead atoms. The van der Waals surface area contributed by atoms with Gasteiger partial charge in [-0.3, -0.25) is 9.48 Å². The van der Waals surface area contributed by atoms with Crippen LogP contribution < -0.4 is 9.46 Å². The summed E-state index contributed by atoms with van der Waals surface area (Å²) in [5.41, 5.74) is 3.42. The molecule has 1 aliphatic rings. The van der Waals surface area contributed by atoms with Crippen LogP contribution >= 0.6 is 0 Å². The van der Waals surface area contributed by atoms with Gasteiger partial charge in [0.25, 0.3) is 10.0 Å². The molecule has 37 heavy (non-hydrogen) atoms. The van der Waals surface area contributed by atoms with Crippen LogP contribution in [0.15, 0.2) is 41.6 Å². The average Bonchev–Trinajstić information content (AvgIpc) is 3.49. The third kappa shape index (κ3) is 5.93. The minimum absolute atomic E-state index is 0.00453. The molecule has 11 heteroatoms. The highest BCUT2D eigenvalue weighted by Gasteiger charge is 2.31. The van der Waals surface area contributed by atoms with Gasteiger partial charge in [0.2, 0.25) is 17.7 Å². The Labute approximate surface area is 218 Å². The maximum Gasteiger partial charge on any atom is 0.267 e. The van der Waals surface area contributed by atoms with Crippen molar-refractivity contribution in [2.24, 2.45) is 13.0 Å². The molecule has 1 fully saturated rings. The van der Waals surface area contributed by atoms with Crippen LogP contribution in [-0.2, 0) is 21.9 Å². The molecule has 3 aromatic rings. The van der Waals surface area contributed by atoms with Crippen molar-refractivity contribution >= 4 is 21.9 Å². The van der Waals surface area contributed by atoms with E-state index in [2.05, 4.69) is 19.8 Å². The summed E-state index contributed by atoms with van der Waals surface area (Å²) in [5, 5.41) is 3.94. The van der Waals surface area contributed by atoms with Gasteiger partial charge in [-0.15, -0.1) is 0 Å². The number of benzene rings is 1.